The first kappa shape index (κ1) is 10.3. The second-order valence-corrected chi connectivity index (χ2v) is 4.69. The van der Waals surface area contributed by atoms with Crippen molar-refractivity contribution in [2.45, 2.75) is 6.42 Å². The minimum atomic E-state index is -0.216. The van der Waals surface area contributed by atoms with Gasteiger partial charge in [0.25, 0.3) is 0 Å². The molecule has 0 radical (unpaired) electrons. The second-order valence-electron chi connectivity index (χ2n) is 4.69. The summed E-state index contributed by atoms with van der Waals surface area (Å²) in [5.74, 6) is 1.17. The van der Waals surface area contributed by atoms with Crippen LogP contribution in [0.2, 0.25) is 0 Å². The van der Waals surface area contributed by atoms with Crippen molar-refractivity contribution in [3.63, 3.8) is 0 Å². The maximum Gasteiger partial charge on any atom is 0.143 e. The molecule has 17 heavy (non-hydrogen) atoms. The molecule has 0 amide bonds. The molecule has 1 aromatic carbocycles. The van der Waals surface area contributed by atoms with Crippen LogP contribution in [0.4, 0.5) is 4.39 Å². The Hall–Kier alpha value is -1.84. The highest BCUT2D eigenvalue weighted by Gasteiger charge is 2.54. The molecule has 3 atom stereocenters. The van der Waals surface area contributed by atoms with Gasteiger partial charge in [-0.3, -0.25) is 0 Å². The zero-order chi connectivity index (χ0) is 12.0. The first-order valence-electron chi connectivity index (χ1n) is 5.65. The number of oxime groups is 1. The Kier molecular flexibility index (Phi) is 2.18. The number of benzene rings is 1. The van der Waals surface area contributed by atoms with Crippen molar-refractivity contribution in [2.24, 2.45) is 28.6 Å². The maximum absolute atomic E-state index is 12.8. The van der Waals surface area contributed by atoms with Crippen molar-refractivity contribution in [1.29, 1.82) is 0 Å². The van der Waals surface area contributed by atoms with Crippen LogP contribution in [0.1, 0.15) is 12.0 Å². The predicted molar refractivity (Wildman–Crippen MR) is 62.9 cm³/mol. The summed E-state index contributed by atoms with van der Waals surface area (Å²) in [4.78, 5) is 0. The third kappa shape index (κ3) is 1.60. The smallest absolute Gasteiger partial charge is 0.143 e. The van der Waals surface area contributed by atoms with Crippen LogP contribution in [0.25, 0.3) is 5.57 Å². The summed E-state index contributed by atoms with van der Waals surface area (Å²) in [5, 5.41) is 11.7. The fourth-order valence-electron chi connectivity index (χ4n) is 2.81. The lowest BCUT2D eigenvalue weighted by molar-refractivity contribution is 0.316. The van der Waals surface area contributed by atoms with Crippen molar-refractivity contribution < 1.29 is 9.60 Å². The van der Waals surface area contributed by atoms with Crippen LogP contribution in [0.15, 0.2) is 35.5 Å². The average Bonchev–Trinajstić information content (AvgIpc) is 2.84. The zero-order valence-electron chi connectivity index (χ0n) is 9.18. The summed E-state index contributed by atoms with van der Waals surface area (Å²) in [6.45, 7) is 0. The fraction of sp³-hybridized carbons (Fsp3) is 0.308. The maximum atomic E-state index is 12.8. The predicted octanol–water partition coefficient (Wildman–Crippen LogP) is 2.22. The molecule has 0 spiro atoms. The monoisotopic (exact) mass is 232 g/mol. The van der Waals surface area contributed by atoms with Gasteiger partial charge in [-0.15, -0.1) is 0 Å². The van der Waals surface area contributed by atoms with Crippen LogP contribution in [-0.2, 0) is 0 Å². The number of fused-ring (bicyclic) bond motifs is 1. The van der Waals surface area contributed by atoms with E-state index in [-0.39, 0.29) is 11.7 Å². The zero-order valence-corrected chi connectivity index (χ0v) is 9.18. The van der Waals surface area contributed by atoms with Crippen molar-refractivity contribution in [3.05, 3.63) is 41.7 Å². The van der Waals surface area contributed by atoms with Crippen LogP contribution < -0.4 is 5.73 Å². The summed E-state index contributed by atoms with van der Waals surface area (Å²) in [6.07, 6.45) is 3.10. The number of halogens is 1. The standard InChI is InChI=1S/C13H13FN2O/c14-9-3-1-7(2-4-9)8-5-10-11(6-8)12(10)13(15)16-17/h1-5,10-12,17H,6H2,(H2,15,16). The number of allylic oxidation sites excluding steroid dienone is 2. The van der Waals surface area contributed by atoms with Crippen molar-refractivity contribution in [3.8, 4) is 0 Å². The summed E-state index contributed by atoms with van der Waals surface area (Å²) in [5.41, 5.74) is 7.90. The average molecular weight is 232 g/mol. The molecule has 0 heterocycles. The molecule has 0 aromatic heterocycles. The van der Waals surface area contributed by atoms with Crippen LogP contribution >= 0.6 is 0 Å². The van der Waals surface area contributed by atoms with E-state index in [9.17, 15) is 4.39 Å². The van der Waals surface area contributed by atoms with Gasteiger partial charge in [-0.05, 0) is 41.5 Å². The Labute approximate surface area is 98.4 Å². The molecule has 2 aliphatic rings. The number of amidine groups is 1. The number of rotatable bonds is 2. The third-order valence-corrected chi connectivity index (χ3v) is 3.75. The molecule has 1 fully saturated rings. The van der Waals surface area contributed by atoms with Gasteiger partial charge in [0.1, 0.15) is 11.7 Å². The Morgan fingerprint density at radius 3 is 2.59 bits per heavy atom. The Bertz CT molecular complexity index is 507. The van der Waals surface area contributed by atoms with E-state index in [0.717, 1.165) is 12.0 Å². The van der Waals surface area contributed by atoms with Crippen molar-refractivity contribution in [1.82, 2.24) is 0 Å². The molecule has 3 rings (SSSR count). The number of nitrogens with zero attached hydrogens (tertiary/aromatic N) is 1. The van der Waals surface area contributed by atoms with Gasteiger partial charge < -0.3 is 10.9 Å². The molecule has 2 aliphatic carbocycles. The van der Waals surface area contributed by atoms with Crippen LogP contribution in [-0.4, -0.2) is 11.0 Å². The highest BCUT2D eigenvalue weighted by molar-refractivity contribution is 5.88. The van der Waals surface area contributed by atoms with Gasteiger partial charge in [0, 0.05) is 5.92 Å². The molecule has 3 unspecified atom stereocenters. The first-order valence-corrected chi connectivity index (χ1v) is 5.65. The Morgan fingerprint density at radius 2 is 2.06 bits per heavy atom. The van der Waals surface area contributed by atoms with Gasteiger partial charge in [0.2, 0.25) is 0 Å². The molecule has 3 N–H and O–H groups in total. The molecule has 1 saturated carbocycles. The van der Waals surface area contributed by atoms with Gasteiger partial charge in [-0.25, -0.2) is 4.39 Å². The van der Waals surface area contributed by atoms with E-state index in [0.29, 0.717) is 17.7 Å². The van der Waals surface area contributed by atoms with E-state index in [2.05, 4.69) is 11.2 Å². The lowest BCUT2D eigenvalue weighted by Crippen LogP contribution is -2.16. The highest BCUT2D eigenvalue weighted by atomic mass is 19.1. The fourth-order valence-corrected chi connectivity index (χ4v) is 2.81. The SMILES string of the molecule is NC(=NO)C1C2C=C(c3ccc(F)cc3)CC21. The van der Waals surface area contributed by atoms with Gasteiger partial charge in [-0.2, -0.15) is 0 Å². The Morgan fingerprint density at radius 1 is 1.35 bits per heavy atom. The molecule has 4 heteroatoms. The summed E-state index contributed by atoms with van der Waals surface area (Å²) in [7, 11) is 0. The summed E-state index contributed by atoms with van der Waals surface area (Å²) in [6, 6.07) is 6.54. The van der Waals surface area contributed by atoms with Crippen LogP contribution in [0, 0.1) is 23.6 Å². The van der Waals surface area contributed by atoms with E-state index < -0.39 is 0 Å². The number of hydrogen-bond donors (Lipinski definition) is 2. The lowest BCUT2D eigenvalue weighted by Gasteiger charge is -2.06. The van der Waals surface area contributed by atoms with Gasteiger partial charge in [0.15, 0.2) is 0 Å². The third-order valence-electron chi connectivity index (χ3n) is 3.75. The molecule has 0 aliphatic heterocycles. The molecule has 0 bridgehead atoms. The van der Waals surface area contributed by atoms with E-state index in [1.165, 1.54) is 17.7 Å². The molecule has 1 aromatic rings. The van der Waals surface area contributed by atoms with Gasteiger partial charge in [0.05, 0.1) is 0 Å². The minimum Gasteiger partial charge on any atom is -0.409 e. The summed E-state index contributed by atoms with van der Waals surface area (Å²) >= 11 is 0. The minimum absolute atomic E-state index is 0.198. The Balaban J connectivity index is 1.78. The molecule has 3 nitrogen and oxygen atoms in total. The molecular formula is C13H13FN2O. The van der Waals surface area contributed by atoms with Crippen LogP contribution in [0.5, 0.6) is 0 Å². The number of hydrogen-bond acceptors (Lipinski definition) is 2. The topological polar surface area (TPSA) is 58.6 Å². The van der Waals surface area contributed by atoms with Gasteiger partial charge >= 0.3 is 0 Å². The van der Waals surface area contributed by atoms with E-state index in [1.807, 2.05) is 0 Å². The largest absolute Gasteiger partial charge is 0.409 e. The summed E-state index contributed by atoms with van der Waals surface area (Å²) < 4.78 is 12.8. The molecule has 0 saturated heterocycles. The highest BCUT2D eigenvalue weighted by Crippen LogP contribution is 2.58. The quantitative estimate of drug-likeness (QED) is 0.355. The van der Waals surface area contributed by atoms with Crippen molar-refractivity contribution in [2.75, 3.05) is 0 Å². The van der Waals surface area contributed by atoms with Crippen molar-refractivity contribution >= 4 is 11.4 Å². The lowest BCUT2D eigenvalue weighted by atomic mass is 10.0. The molecule has 88 valence electrons. The normalized spacial score (nSPS) is 31.0. The van der Waals surface area contributed by atoms with E-state index >= 15 is 0 Å². The van der Waals surface area contributed by atoms with Crippen LogP contribution in [0.3, 0.4) is 0 Å². The number of nitrogens with two attached hydrogens (primary N) is 1. The first-order chi connectivity index (χ1) is 8.20. The second kappa shape index (κ2) is 3.58. The van der Waals surface area contributed by atoms with E-state index in [1.54, 1.807) is 12.1 Å². The van der Waals surface area contributed by atoms with E-state index in [4.69, 9.17) is 10.9 Å². The molecular weight excluding hydrogens is 219 g/mol. The van der Waals surface area contributed by atoms with Gasteiger partial charge in [-0.1, -0.05) is 23.4 Å².